The molecular formula is C21H27N3O. The highest BCUT2D eigenvalue weighted by molar-refractivity contribution is 5.91. The Bertz CT molecular complexity index is 711. The van der Waals surface area contributed by atoms with E-state index < -0.39 is 0 Å². The third-order valence-electron chi connectivity index (χ3n) is 4.82. The number of hydrogen-bond acceptors (Lipinski definition) is 2. The minimum Gasteiger partial charge on any atom is -0.322 e. The van der Waals surface area contributed by atoms with E-state index in [4.69, 9.17) is 0 Å². The smallest absolute Gasteiger partial charge is 0.321 e. The third kappa shape index (κ3) is 4.40. The predicted molar refractivity (Wildman–Crippen MR) is 103 cm³/mol. The van der Waals surface area contributed by atoms with E-state index in [9.17, 15) is 4.79 Å². The van der Waals surface area contributed by atoms with Gasteiger partial charge in [-0.2, -0.15) is 0 Å². The number of carbonyl (C=O) groups excluding carboxylic acids is 1. The second-order valence-corrected chi connectivity index (χ2v) is 6.95. The van der Waals surface area contributed by atoms with Crippen LogP contribution in [0.2, 0.25) is 0 Å². The second-order valence-electron chi connectivity index (χ2n) is 6.95. The molecule has 0 spiro atoms. The average molecular weight is 337 g/mol. The van der Waals surface area contributed by atoms with Crippen molar-refractivity contribution in [1.29, 1.82) is 0 Å². The van der Waals surface area contributed by atoms with Crippen molar-refractivity contribution in [2.24, 2.45) is 0 Å². The highest BCUT2D eigenvalue weighted by atomic mass is 16.2. The first-order valence-corrected chi connectivity index (χ1v) is 8.93. The summed E-state index contributed by atoms with van der Waals surface area (Å²) in [6.45, 7) is 10.5. The SMILES string of the molecule is Cc1cc(C)c(NC(=O)N2CCN(Cc3ccccc3)CC2)c(C)c1. The van der Waals surface area contributed by atoms with Gasteiger partial charge in [0.25, 0.3) is 0 Å². The van der Waals surface area contributed by atoms with Crippen molar-refractivity contribution in [3.63, 3.8) is 0 Å². The molecular weight excluding hydrogens is 310 g/mol. The number of piperazine rings is 1. The first kappa shape index (κ1) is 17.5. The third-order valence-corrected chi connectivity index (χ3v) is 4.82. The Kier molecular flexibility index (Phi) is 5.39. The number of anilines is 1. The molecule has 0 saturated carbocycles. The molecule has 25 heavy (non-hydrogen) atoms. The van der Waals surface area contributed by atoms with E-state index in [2.05, 4.69) is 53.5 Å². The maximum absolute atomic E-state index is 12.6. The number of carbonyl (C=O) groups is 1. The van der Waals surface area contributed by atoms with Gasteiger partial charge in [-0.3, -0.25) is 4.90 Å². The van der Waals surface area contributed by atoms with E-state index in [0.29, 0.717) is 0 Å². The van der Waals surface area contributed by atoms with Gasteiger partial charge in [-0.25, -0.2) is 4.79 Å². The number of benzene rings is 2. The molecule has 0 aliphatic carbocycles. The van der Waals surface area contributed by atoms with Crippen LogP contribution in [0.15, 0.2) is 42.5 Å². The molecule has 2 aromatic carbocycles. The first-order chi connectivity index (χ1) is 12.0. The zero-order valence-corrected chi connectivity index (χ0v) is 15.4. The summed E-state index contributed by atoms with van der Waals surface area (Å²) in [5, 5.41) is 3.11. The molecule has 0 aromatic heterocycles. The van der Waals surface area contributed by atoms with Gasteiger partial charge < -0.3 is 10.2 Å². The minimum atomic E-state index is 0.00872. The molecule has 1 heterocycles. The molecule has 1 fully saturated rings. The van der Waals surface area contributed by atoms with Gasteiger partial charge in [0, 0.05) is 38.4 Å². The normalized spacial score (nSPS) is 15.2. The van der Waals surface area contributed by atoms with E-state index in [0.717, 1.165) is 49.5 Å². The summed E-state index contributed by atoms with van der Waals surface area (Å²) in [6, 6.07) is 14.7. The maximum atomic E-state index is 12.6. The molecule has 1 aliphatic heterocycles. The monoisotopic (exact) mass is 337 g/mol. The molecule has 0 bridgehead atoms. The number of urea groups is 1. The van der Waals surface area contributed by atoms with Crippen LogP contribution >= 0.6 is 0 Å². The Morgan fingerprint density at radius 3 is 2.16 bits per heavy atom. The van der Waals surface area contributed by atoms with Crippen molar-refractivity contribution in [2.45, 2.75) is 27.3 Å². The first-order valence-electron chi connectivity index (χ1n) is 8.93. The van der Waals surface area contributed by atoms with Crippen LogP contribution in [0.4, 0.5) is 10.5 Å². The Balaban J connectivity index is 1.55. The molecule has 2 aromatic rings. The summed E-state index contributed by atoms with van der Waals surface area (Å²) >= 11 is 0. The van der Waals surface area contributed by atoms with Crippen molar-refractivity contribution in [3.05, 3.63) is 64.7 Å². The molecule has 0 atom stereocenters. The summed E-state index contributed by atoms with van der Waals surface area (Å²) < 4.78 is 0. The van der Waals surface area contributed by atoms with Gasteiger partial charge in [0.1, 0.15) is 0 Å². The van der Waals surface area contributed by atoms with Crippen LogP contribution in [-0.2, 0) is 6.54 Å². The standard InChI is InChI=1S/C21H27N3O/c1-16-13-17(2)20(18(3)14-16)22-21(25)24-11-9-23(10-12-24)15-19-7-5-4-6-8-19/h4-8,13-14H,9-12,15H2,1-3H3,(H,22,25). The minimum absolute atomic E-state index is 0.00872. The van der Waals surface area contributed by atoms with Gasteiger partial charge in [0.15, 0.2) is 0 Å². The Hall–Kier alpha value is -2.33. The van der Waals surface area contributed by atoms with E-state index in [1.54, 1.807) is 0 Å². The van der Waals surface area contributed by atoms with Crippen molar-refractivity contribution < 1.29 is 4.79 Å². The molecule has 4 nitrogen and oxygen atoms in total. The van der Waals surface area contributed by atoms with E-state index in [1.807, 2.05) is 24.8 Å². The van der Waals surface area contributed by atoms with Gasteiger partial charge in [-0.1, -0.05) is 48.0 Å². The lowest BCUT2D eigenvalue weighted by atomic mass is 10.1. The quantitative estimate of drug-likeness (QED) is 0.920. The lowest BCUT2D eigenvalue weighted by molar-refractivity contribution is 0.143. The molecule has 4 heteroatoms. The van der Waals surface area contributed by atoms with Crippen molar-refractivity contribution in [1.82, 2.24) is 9.80 Å². The van der Waals surface area contributed by atoms with Crippen molar-refractivity contribution >= 4 is 11.7 Å². The molecule has 0 radical (unpaired) electrons. The predicted octanol–water partition coefficient (Wildman–Crippen LogP) is 3.96. The van der Waals surface area contributed by atoms with Crippen LogP contribution in [0.5, 0.6) is 0 Å². The molecule has 0 unspecified atom stereocenters. The van der Waals surface area contributed by atoms with Gasteiger partial charge in [0.2, 0.25) is 0 Å². The van der Waals surface area contributed by atoms with Gasteiger partial charge in [-0.15, -0.1) is 0 Å². The summed E-state index contributed by atoms with van der Waals surface area (Å²) in [4.78, 5) is 16.9. The Morgan fingerprint density at radius 1 is 0.960 bits per heavy atom. The number of nitrogens with zero attached hydrogens (tertiary/aromatic N) is 2. The largest absolute Gasteiger partial charge is 0.322 e. The van der Waals surface area contributed by atoms with Crippen LogP contribution in [0.3, 0.4) is 0 Å². The fourth-order valence-electron chi connectivity index (χ4n) is 3.51. The van der Waals surface area contributed by atoms with E-state index in [-0.39, 0.29) is 6.03 Å². The molecule has 1 N–H and O–H groups in total. The van der Waals surface area contributed by atoms with Crippen LogP contribution < -0.4 is 5.32 Å². The Morgan fingerprint density at radius 2 is 1.56 bits per heavy atom. The highest BCUT2D eigenvalue weighted by Gasteiger charge is 2.22. The summed E-state index contributed by atoms with van der Waals surface area (Å²) in [6.07, 6.45) is 0. The van der Waals surface area contributed by atoms with Crippen LogP contribution in [0, 0.1) is 20.8 Å². The number of rotatable bonds is 3. The summed E-state index contributed by atoms with van der Waals surface area (Å²) in [7, 11) is 0. The van der Waals surface area contributed by atoms with Gasteiger partial charge >= 0.3 is 6.03 Å². The zero-order valence-electron chi connectivity index (χ0n) is 15.4. The number of amides is 2. The lowest BCUT2D eigenvalue weighted by Crippen LogP contribution is -2.49. The topological polar surface area (TPSA) is 35.6 Å². The number of nitrogens with one attached hydrogen (secondary N) is 1. The zero-order chi connectivity index (χ0) is 17.8. The highest BCUT2D eigenvalue weighted by Crippen LogP contribution is 2.22. The fourth-order valence-corrected chi connectivity index (χ4v) is 3.51. The molecule has 132 valence electrons. The van der Waals surface area contributed by atoms with E-state index in [1.165, 1.54) is 11.1 Å². The maximum Gasteiger partial charge on any atom is 0.321 e. The Labute approximate surface area is 150 Å². The summed E-state index contributed by atoms with van der Waals surface area (Å²) in [5.74, 6) is 0. The molecule has 1 aliphatic rings. The van der Waals surface area contributed by atoms with Gasteiger partial charge in [0.05, 0.1) is 0 Å². The van der Waals surface area contributed by atoms with Crippen molar-refractivity contribution in [3.8, 4) is 0 Å². The number of hydrogen-bond donors (Lipinski definition) is 1. The van der Waals surface area contributed by atoms with Gasteiger partial charge in [-0.05, 0) is 37.5 Å². The fraction of sp³-hybridized carbons (Fsp3) is 0.381. The van der Waals surface area contributed by atoms with Crippen LogP contribution in [0.1, 0.15) is 22.3 Å². The van der Waals surface area contributed by atoms with E-state index >= 15 is 0 Å². The number of aryl methyl sites for hydroxylation is 3. The second kappa shape index (κ2) is 7.70. The van der Waals surface area contributed by atoms with Crippen LogP contribution in [-0.4, -0.2) is 42.0 Å². The van der Waals surface area contributed by atoms with Crippen LogP contribution in [0.25, 0.3) is 0 Å². The lowest BCUT2D eigenvalue weighted by Gasteiger charge is -2.35. The molecule has 2 amide bonds. The molecule has 1 saturated heterocycles. The van der Waals surface area contributed by atoms with Crippen molar-refractivity contribution in [2.75, 3.05) is 31.5 Å². The molecule has 3 rings (SSSR count). The summed E-state index contributed by atoms with van der Waals surface area (Å²) in [5.41, 5.74) is 5.73. The average Bonchev–Trinajstić information content (AvgIpc) is 2.59.